The van der Waals surface area contributed by atoms with Crippen LogP contribution in [0.1, 0.15) is 18.3 Å². The van der Waals surface area contributed by atoms with Gasteiger partial charge >= 0.3 is 0 Å². The van der Waals surface area contributed by atoms with E-state index < -0.39 is 0 Å². The first-order valence-electron chi connectivity index (χ1n) is 6.70. The normalized spacial score (nSPS) is 19.4. The van der Waals surface area contributed by atoms with E-state index >= 15 is 0 Å². The van der Waals surface area contributed by atoms with Gasteiger partial charge in [0.25, 0.3) is 0 Å². The molecule has 19 heavy (non-hydrogen) atoms. The molecule has 0 radical (unpaired) electrons. The molecule has 0 aliphatic carbocycles. The summed E-state index contributed by atoms with van der Waals surface area (Å²) in [6.07, 6.45) is 5.02. The molecule has 2 atom stereocenters. The van der Waals surface area contributed by atoms with Crippen LogP contribution in [0, 0.1) is 0 Å². The van der Waals surface area contributed by atoms with Crippen LogP contribution >= 0.6 is 11.8 Å². The van der Waals surface area contributed by atoms with Crippen LogP contribution < -0.4 is 0 Å². The molecule has 0 saturated carbocycles. The monoisotopic (exact) mass is 274 g/mol. The summed E-state index contributed by atoms with van der Waals surface area (Å²) in [5.74, 6) is 0.978. The lowest BCUT2D eigenvalue weighted by molar-refractivity contribution is 0.168. The standard InChI is InChI=1S/C15H18N2OS/c1-2-17-8-7-16-15(17)10-12(18)14-9-11-5-3-4-6-13(11)19-14/h3-8,12,14,18H,2,9-10H2,1H3. The molecule has 0 spiro atoms. The number of aryl methyl sites for hydroxylation is 1. The summed E-state index contributed by atoms with van der Waals surface area (Å²) in [5.41, 5.74) is 1.36. The summed E-state index contributed by atoms with van der Waals surface area (Å²) in [6.45, 7) is 3.00. The second-order valence-electron chi connectivity index (χ2n) is 4.87. The van der Waals surface area contributed by atoms with Crippen molar-refractivity contribution in [2.45, 2.75) is 42.6 Å². The number of fused-ring (bicyclic) bond motifs is 1. The number of aromatic nitrogens is 2. The van der Waals surface area contributed by atoms with Crippen LogP contribution in [0.15, 0.2) is 41.6 Å². The Bertz CT molecular complexity index is 542. The van der Waals surface area contributed by atoms with Crippen molar-refractivity contribution in [3.8, 4) is 0 Å². The van der Waals surface area contributed by atoms with Crippen molar-refractivity contribution >= 4 is 11.8 Å². The number of aliphatic hydroxyl groups is 1. The van der Waals surface area contributed by atoms with Crippen molar-refractivity contribution in [3.63, 3.8) is 0 Å². The minimum absolute atomic E-state index is 0.249. The van der Waals surface area contributed by atoms with Gasteiger partial charge in [0.2, 0.25) is 0 Å². The van der Waals surface area contributed by atoms with Gasteiger partial charge in [-0.1, -0.05) is 18.2 Å². The van der Waals surface area contributed by atoms with Gasteiger partial charge in [0, 0.05) is 35.5 Å². The Kier molecular flexibility index (Phi) is 3.62. The lowest BCUT2D eigenvalue weighted by Crippen LogP contribution is -2.26. The average molecular weight is 274 g/mol. The van der Waals surface area contributed by atoms with Crippen molar-refractivity contribution < 1.29 is 5.11 Å². The Morgan fingerprint density at radius 1 is 1.47 bits per heavy atom. The maximum atomic E-state index is 10.4. The summed E-state index contributed by atoms with van der Waals surface area (Å²) in [6, 6.07) is 8.42. The highest BCUT2D eigenvalue weighted by Gasteiger charge is 2.28. The Morgan fingerprint density at radius 2 is 2.32 bits per heavy atom. The van der Waals surface area contributed by atoms with Crippen molar-refractivity contribution in [2.75, 3.05) is 0 Å². The Hall–Kier alpha value is -1.26. The number of nitrogens with zero attached hydrogens (tertiary/aromatic N) is 2. The van der Waals surface area contributed by atoms with Gasteiger partial charge in [0.1, 0.15) is 5.82 Å². The second kappa shape index (κ2) is 5.39. The number of hydrogen-bond acceptors (Lipinski definition) is 3. The Morgan fingerprint density at radius 3 is 3.11 bits per heavy atom. The molecule has 4 heteroatoms. The fourth-order valence-corrected chi connectivity index (χ4v) is 3.86. The summed E-state index contributed by atoms with van der Waals surface area (Å²) in [4.78, 5) is 5.65. The van der Waals surface area contributed by atoms with Gasteiger partial charge in [-0.25, -0.2) is 4.98 Å². The summed E-state index contributed by atoms with van der Waals surface area (Å²) >= 11 is 1.79. The summed E-state index contributed by atoms with van der Waals surface area (Å²) in [7, 11) is 0. The molecule has 1 N–H and O–H groups in total. The molecule has 0 fully saturated rings. The van der Waals surface area contributed by atoms with E-state index in [1.807, 2.05) is 12.4 Å². The predicted octanol–water partition coefficient (Wildman–Crippen LogP) is 2.52. The maximum Gasteiger partial charge on any atom is 0.111 e. The van der Waals surface area contributed by atoms with E-state index in [1.54, 1.807) is 11.8 Å². The van der Waals surface area contributed by atoms with Crippen LogP contribution in [0.2, 0.25) is 0 Å². The predicted molar refractivity (Wildman–Crippen MR) is 77.4 cm³/mol. The number of thioether (sulfide) groups is 1. The minimum atomic E-state index is -0.343. The highest BCUT2D eigenvalue weighted by Crippen LogP contribution is 2.38. The average Bonchev–Trinajstić information content (AvgIpc) is 3.03. The van der Waals surface area contributed by atoms with Crippen LogP contribution in [-0.2, 0) is 19.4 Å². The van der Waals surface area contributed by atoms with Gasteiger partial charge in [-0.2, -0.15) is 0 Å². The van der Waals surface area contributed by atoms with Gasteiger partial charge in [-0.05, 0) is 25.0 Å². The quantitative estimate of drug-likeness (QED) is 0.931. The zero-order valence-corrected chi connectivity index (χ0v) is 11.8. The first kappa shape index (κ1) is 12.8. The number of aliphatic hydroxyl groups excluding tert-OH is 1. The molecule has 2 heterocycles. The molecule has 0 amide bonds. The molecule has 1 aliphatic heterocycles. The molecule has 1 aromatic heterocycles. The van der Waals surface area contributed by atoms with Crippen molar-refractivity contribution in [3.05, 3.63) is 48.0 Å². The fraction of sp³-hybridized carbons (Fsp3) is 0.400. The molecule has 2 unspecified atom stereocenters. The topological polar surface area (TPSA) is 38.0 Å². The Balaban J connectivity index is 1.68. The second-order valence-corrected chi connectivity index (χ2v) is 6.15. The van der Waals surface area contributed by atoms with E-state index in [1.165, 1.54) is 10.5 Å². The molecule has 100 valence electrons. The van der Waals surface area contributed by atoms with Crippen molar-refractivity contribution in [1.82, 2.24) is 9.55 Å². The third-order valence-corrected chi connectivity index (χ3v) is 5.07. The van der Waals surface area contributed by atoms with Gasteiger partial charge in [0.15, 0.2) is 0 Å². The molecular formula is C15H18N2OS. The van der Waals surface area contributed by atoms with Crippen LogP contribution in [0.3, 0.4) is 0 Å². The molecule has 0 saturated heterocycles. The molecular weight excluding hydrogens is 256 g/mol. The van der Waals surface area contributed by atoms with Crippen LogP contribution in [0.4, 0.5) is 0 Å². The number of imidazole rings is 1. The highest BCUT2D eigenvalue weighted by atomic mass is 32.2. The van der Waals surface area contributed by atoms with Gasteiger partial charge < -0.3 is 9.67 Å². The lowest BCUT2D eigenvalue weighted by atomic mass is 10.0. The molecule has 2 aromatic rings. The third-order valence-electron chi connectivity index (χ3n) is 3.64. The van der Waals surface area contributed by atoms with Crippen molar-refractivity contribution in [1.29, 1.82) is 0 Å². The highest BCUT2D eigenvalue weighted by molar-refractivity contribution is 8.00. The molecule has 0 bridgehead atoms. The van der Waals surface area contributed by atoms with E-state index in [2.05, 4.69) is 40.7 Å². The number of benzene rings is 1. The Labute approximate surface area is 117 Å². The fourth-order valence-electron chi connectivity index (χ4n) is 2.56. The third kappa shape index (κ3) is 2.55. The van der Waals surface area contributed by atoms with E-state index in [0.717, 1.165) is 18.8 Å². The molecule has 3 rings (SSSR count). The van der Waals surface area contributed by atoms with E-state index in [-0.39, 0.29) is 11.4 Å². The largest absolute Gasteiger partial charge is 0.391 e. The van der Waals surface area contributed by atoms with Gasteiger partial charge in [0.05, 0.1) is 6.10 Å². The summed E-state index contributed by atoms with van der Waals surface area (Å²) in [5, 5.41) is 10.7. The smallest absolute Gasteiger partial charge is 0.111 e. The number of rotatable bonds is 4. The van der Waals surface area contributed by atoms with Crippen molar-refractivity contribution in [2.24, 2.45) is 0 Å². The van der Waals surface area contributed by atoms with E-state index in [4.69, 9.17) is 0 Å². The number of hydrogen-bond donors (Lipinski definition) is 1. The maximum absolute atomic E-state index is 10.4. The summed E-state index contributed by atoms with van der Waals surface area (Å²) < 4.78 is 2.09. The zero-order valence-electron chi connectivity index (χ0n) is 11.0. The van der Waals surface area contributed by atoms with Crippen LogP contribution in [0.5, 0.6) is 0 Å². The van der Waals surface area contributed by atoms with Crippen LogP contribution in [0.25, 0.3) is 0 Å². The molecule has 3 nitrogen and oxygen atoms in total. The van der Waals surface area contributed by atoms with E-state index in [9.17, 15) is 5.11 Å². The van der Waals surface area contributed by atoms with Gasteiger partial charge in [-0.3, -0.25) is 0 Å². The minimum Gasteiger partial charge on any atom is -0.391 e. The van der Waals surface area contributed by atoms with Crippen LogP contribution in [-0.4, -0.2) is 26.0 Å². The zero-order chi connectivity index (χ0) is 13.2. The van der Waals surface area contributed by atoms with E-state index in [0.29, 0.717) is 6.42 Å². The first-order valence-corrected chi connectivity index (χ1v) is 7.58. The molecule has 1 aromatic carbocycles. The van der Waals surface area contributed by atoms with Gasteiger partial charge in [-0.15, -0.1) is 11.8 Å². The lowest BCUT2D eigenvalue weighted by Gasteiger charge is -2.17. The molecule has 1 aliphatic rings. The first-order chi connectivity index (χ1) is 9.28. The SMILES string of the molecule is CCn1ccnc1CC(O)C1Cc2ccccc2S1.